The molecule has 0 spiro atoms. The molecular formula is C15H19NO3. The number of likely N-dealkylation sites (N-methyl/N-ethyl adjacent to an activating group) is 1. The van der Waals surface area contributed by atoms with E-state index in [-0.39, 0.29) is 11.7 Å². The summed E-state index contributed by atoms with van der Waals surface area (Å²) in [6.07, 6.45) is 2.47. The summed E-state index contributed by atoms with van der Waals surface area (Å²) in [5.41, 5.74) is 1.55. The number of methoxy groups -OCH3 is 1. The van der Waals surface area contributed by atoms with Crippen LogP contribution in [0.4, 0.5) is 0 Å². The first-order valence-electron chi connectivity index (χ1n) is 6.68. The maximum absolute atomic E-state index is 12.4. The zero-order valence-corrected chi connectivity index (χ0v) is 11.3. The average molecular weight is 261 g/mol. The molecule has 4 nitrogen and oxygen atoms in total. The lowest BCUT2D eigenvalue weighted by Crippen LogP contribution is -2.55. The molecule has 0 aromatic heterocycles. The lowest BCUT2D eigenvalue weighted by Gasteiger charge is -2.48. The molecule has 4 heteroatoms. The van der Waals surface area contributed by atoms with E-state index in [1.165, 1.54) is 7.11 Å². The van der Waals surface area contributed by atoms with Crippen LogP contribution in [0.1, 0.15) is 24.0 Å². The smallest absolute Gasteiger partial charge is 0.316 e. The van der Waals surface area contributed by atoms with Crippen molar-refractivity contribution in [1.29, 1.82) is 0 Å². The number of fused-ring (bicyclic) bond motifs is 4. The molecule has 1 aliphatic heterocycles. The highest BCUT2D eigenvalue weighted by atomic mass is 16.5. The van der Waals surface area contributed by atoms with Gasteiger partial charge in [-0.2, -0.15) is 0 Å². The second-order valence-corrected chi connectivity index (χ2v) is 5.71. The Kier molecular flexibility index (Phi) is 2.78. The van der Waals surface area contributed by atoms with Crippen molar-refractivity contribution in [2.45, 2.75) is 30.7 Å². The van der Waals surface area contributed by atoms with Crippen molar-refractivity contribution in [3.05, 3.63) is 29.3 Å². The molecule has 1 aromatic carbocycles. The van der Waals surface area contributed by atoms with Crippen LogP contribution in [0.3, 0.4) is 0 Å². The lowest BCUT2D eigenvalue weighted by atomic mass is 9.64. The van der Waals surface area contributed by atoms with E-state index >= 15 is 0 Å². The van der Waals surface area contributed by atoms with Crippen molar-refractivity contribution in [2.75, 3.05) is 20.7 Å². The summed E-state index contributed by atoms with van der Waals surface area (Å²) in [5.74, 6) is 0.0524. The molecular weight excluding hydrogens is 242 g/mol. The number of nitrogens with zero attached hydrogens (tertiary/aromatic N) is 1. The SMILES string of the molecule is COC(=O)C12CCN(C)C(Cc3ccc(O)cc31)C2. The van der Waals surface area contributed by atoms with Crippen LogP contribution >= 0.6 is 0 Å². The largest absolute Gasteiger partial charge is 0.508 e. The fourth-order valence-electron chi connectivity index (χ4n) is 3.62. The first kappa shape index (κ1) is 12.5. The van der Waals surface area contributed by atoms with Gasteiger partial charge in [-0.3, -0.25) is 4.79 Å². The number of hydrogen-bond acceptors (Lipinski definition) is 4. The van der Waals surface area contributed by atoms with Crippen molar-refractivity contribution in [1.82, 2.24) is 4.90 Å². The summed E-state index contributed by atoms with van der Waals surface area (Å²) >= 11 is 0. The molecule has 2 aliphatic rings. The Bertz CT molecular complexity index is 528. The normalized spacial score (nSPS) is 29.7. The Hall–Kier alpha value is -1.55. The third-order valence-electron chi connectivity index (χ3n) is 4.74. The molecule has 1 aromatic rings. The number of ether oxygens (including phenoxy) is 1. The molecule has 1 saturated heterocycles. The van der Waals surface area contributed by atoms with Crippen LogP contribution in [-0.4, -0.2) is 42.7 Å². The van der Waals surface area contributed by atoms with Crippen molar-refractivity contribution < 1.29 is 14.6 Å². The summed E-state index contributed by atoms with van der Waals surface area (Å²) in [5, 5.41) is 9.74. The molecule has 1 fully saturated rings. The highest BCUT2D eigenvalue weighted by molar-refractivity contribution is 5.84. The zero-order chi connectivity index (χ0) is 13.6. The molecule has 3 rings (SSSR count). The molecule has 1 heterocycles. The van der Waals surface area contributed by atoms with Crippen LogP contribution in [0.25, 0.3) is 0 Å². The average Bonchev–Trinajstić information content (AvgIpc) is 2.42. The minimum absolute atomic E-state index is 0.169. The maximum atomic E-state index is 12.4. The fraction of sp³-hybridized carbons (Fsp3) is 0.533. The van der Waals surface area contributed by atoms with Crippen LogP contribution in [0.5, 0.6) is 5.75 Å². The first-order chi connectivity index (χ1) is 9.06. The van der Waals surface area contributed by atoms with Gasteiger partial charge in [-0.25, -0.2) is 0 Å². The van der Waals surface area contributed by atoms with Gasteiger partial charge in [0.1, 0.15) is 5.75 Å². The summed E-state index contributed by atoms with van der Waals surface area (Å²) in [7, 11) is 3.55. The molecule has 2 unspecified atom stereocenters. The predicted octanol–water partition coefficient (Wildman–Crippen LogP) is 1.45. The Morgan fingerprint density at radius 2 is 2.32 bits per heavy atom. The maximum Gasteiger partial charge on any atom is 0.316 e. The molecule has 19 heavy (non-hydrogen) atoms. The van der Waals surface area contributed by atoms with Gasteiger partial charge in [0.25, 0.3) is 0 Å². The van der Waals surface area contributed by atoms with E-state index in [9.17, 15) is 9.90 Å². The zero-order valence-electron chi connectivity index (χ0n) is 11.3. The standard InChI is InChI=1S/C15H19NO3/c1-16-6-5-15(14(18)19-2)9-11(16)7-10-3-4-12(17)8-13(10)15/h3-4,8,11,17H,5-7,9H2,1-2H3. The first-order valence-corrected chi connectivity index (χ1v) is 6.68. The molecule has 2 bridgehead atoms. The van der Waals surface area contributed by atoms with Gasteiger partial charge in [-0.05, 0) is 56.1 Å². The highest BCUT2D eigenvalue weighted by Crippen LogP contribution is 2.46. The fourth-order valence-corrected chi connectivity index (χ4v) is 3.62. The van der Waals surface area contributed by atoms with Crippen LogP contribution in [0.15, 0.2) is 18.2 Å². The van der Waals surface area contributed by atoms with E-state index in [0.29, 0.717) is 6.04 Å². The Morgan fingerprint density at radius 3 is 3.05 bits per heavy atom. The van der Waals surface area contributed by atoms with E-state index in [1.54, 1.807) is 12.1 Å². The van der Waals surface area contributed by atoms with Crippen LogP contribution in [-0.2, 0) is 21.4 Å². The van der Waals surface area contributed by atoms with Crippen molar-refractivity contribution in [2.24, 2.45) is 0 Å². The van der Waals surface area contributed by atoms with Gasteiger partial charge in [0.2, 0.25) is 0 Å². The molecule has 2 atom stereocenters. The van der Waals surface area contributed by atoms with Crippen LogP contribution in [0.2, 0.25) is 0 Å². The molecule has 102 valence electrons. The van der Waals surface area contributed by atoms with Gasteiger partial charge in [0.05, 0.1) is 12.5 Å². The van der Waals surface area contributed by atoms with E-state index in [2.05, 4.69) is 11.9 Å². The van der Waals surface area contributed by atoms with Gasteiger partial charge >= 0.3 is 5.97 Å². The number of benzene rings is 1. The third kappa shape index (κ3) is 1.74. The van der Waals surface area contributed by atoms with Gasteiger partial charge < -0.3 is 14.7 Å². The second-order valence-electron chi connectivity index (χ2n) is 5.71. The van der Waals surface area contributed by atoms with Gasteiger partial charge in [-0.15, -0.1) is 0 Å². The number of phenolic OH excluding ortho intramolecular Hbond substituents is 1. The van der Waals surface area contributed by atoms with Crippen LogP contribution < -0.4 is 0 Å². The highest BCUT2D eigenvalue weighted by Gasteiger charge is 2.50. The molecule has 1 aliphatic carbocycles. The summed E-state index contributed by atoms with van der Waals surface area (Å²) in [6, 6.07) is 5.76. The number of phenols is 1. The summed E-state index contributed by atoms with van der Waals surface area (Å²) < 4.78 is 5.06. The summed E-state index contributed by atoms with van der Waals surface area (Å²) in [6.45, 7) is 0.884. The predicted molar refractivity (Wildman–Crippen MR) is 71.2 cm³/mol. The monoisotopic (exact) mass is 261 g/mol. The minimum Gasteiger partial charge on any atom is -0.508 e. The van der Waals surface area contributed by atoms with E-state index in [4.69, 9.17) is 4.74 Å². The van der Waals surface area contributed by atoms with Crippen molar-refractivity contribution in [3.63, 3.8) is 0 Å². The number of carbonyl (C=O) groups is 1. The van der Waals surface area contributed by atoms with Crippen molar-refractivity contribution in [3.8, 4) is 5.75 Å². The van der Waals surface area contributed by atoms with Gasteiger partial charge in [0, 0.05) is 6.04 Å². The number of rotatable bonds is 1. The lowest BCUT2D eigenvalue weighted by molar-refractivity contribution is -0.151. The van der Waals surface area contributed by atoms with Crippen molar-refractivity contribution >= 4 is 5.97 Å². The number of hydrogen-bond donors (Lipinski definition) is 1. The molecule has 0 amide bonds. The van der Waals surface area contributed by atoms with Crippen LogP contribution in [0, 0.1) is 0 Å². The number of likely N-dealkylation sites (tertiary alicyclic amines) is 1. The second kappa shape index (κ2) is 4.23. The third-order valence-corrected chi connectivity index (χ3v) is 4.74. The molecule has 0 radical (unpaired) electrons. The Balaban J connectivity index is 2.16. The quantitative estimate of drug-likeness (QED) is 0.777. The number of aromatic hydroxyl groups is 1. The topological polar surface area (TPSA) is 49.8 Å². The number of esters is 1. The molecule has 1 N–H and O–H groups in total. The summed E-state index contributed by atoms with van der Waals surface area (Å²) in [4.78, 5) is 14.7. The Labute approximate surface area is 113 Å². The van der Waals surface area contributed by atoms with E-state index < -0.39 is 5.41 Å². The van der Waals surface area contributed by atoms with E-state index in [1.807, 2.05) is 6.07 Å². The number of piperidine rings is 1. The molecule has 0 saturated carbocycles. The van der Waals surface area contributed by atoms with Gasteiger partial charge in [-0.1, -0.05) is 6.07 Å². The number of carbonyl (C=O) groups excluding carboxylic acids is 1. The minimum atomic E-state index is -0.571. The van der Waals surface area contributed by atoms with Gasteiger partial charge in [0.15, 0.2) is 0 Å². The Morgan fingerprint density at radius 1 is 1.53 bits per heavy atom. The van der Waals surface area contributed by atoms with E-state index in [0.717, 1.165) is 36.9 Å².